The number of aryl methyl sites for hydroxylation is 1. The first kappa shape index (κ1) is 28.8. The molecule has 0 saturated carbocycles. The van der Waals surface area contributed by atoms with E-state index in [0.29, 0.717) is 4.31 Å². The lowest BCUT2D eigenvalue weighted by molar-refractivity contribution is -0.139. The van der Waals surface area contributed by atoms with Gasteiger partial charge in [0, 0.05) is 18.2 Å². The smallest absolute Gasteiger partial charge is 0.264 e. The number of hydrogen-bond acceptors (Lipinski definition) is 4. The standard InChI is InChI=1S/C28H31F2N3O4S/c1-19(2)31-28(35)21(4)32(17-22-9-5-6-10-24(22)29)27(34)18-33(26-12-8-7-11-25(26)30)38(36,37)23-15-13-20(3)14-16-23/h5-16,19,21H,17-18H2,1-4H3,(H,31,35)/t21-/m0/s1. The number of rotatable bonds is 10. The largest absolute Gasteiger partial charge is 0.352 e. The van der Waals surface area contributed by atoms with Crippen molar-refractivity contribution < 1.29 is 26.8 Å². The van der Waals surface area contributed by atoms with Crippen LogP contribution in [0.5, 0.6) is 0 Å². The lowest BCUT2D eigenvalue weighted by atomic mass is 10.1. The Labute approximate surface area is 222 Å². The molecule has 2 amide bonds. The molecule has 7 nitrogen and oxygen atoms in total. The first-order valence-electron chi connectivity index (χ1n) is 12.1. The number of halogens is 2. The van der Waals surface area contributed by atoms with Gasteiger partial charge in [0.05, 0.1) is 10.6 Å². The van der Waals surface area contributed by atoms with Crippen molar-refractivity contribution >= 4 is 27.5 Å². The van der Waals surface area contributed by atoms with E-state index in [4.69, 9.17) is 0 Å². The molecule has 0 saturated heterocycles. The van der Waals surface area contributed by atoms with Gasteiger partial charge in [0.25, 0.3) is 10.0 Å². The Kier molecular flexibility index (Phi) is 9.22. The number of anilines is 1. The molecule has 0 aliphatic carbocycles. The second kappa shape index (κ2) is 12.2. The van der Waals surface area contributed by atoms with E-state index in [0.717, 1.165) is 16.5 Å². The number of para-hydroxylation sites is 1. The van der Waals surface area contributed by atoms with Gasteiger partial charge in [-0.15, -0.1) is 0 Å². The molecule has 1 atom stereocenters. The monoisotopic (exact) mass is 543 g/mol. The Bertz CT molecular complexity index is 1400. The van der Waals surface area contributed by atoms with Gasteiger partial charge in [0.15, 0.2) is 0 Å². The summed E-state index contributed by atoms with van der Waals surface area (Å²) < 4.78 is 57.4. The maximum absolute atomic E-state index is 14.9. The van der Waals surface area contributed by atoms with E-state index in [1.54, 1.807) is 39.0 Å². The highest BCUT2D eigenvalue weighted by atomic mass is 32.2. The summed E-state index contributed by atoms with van der Waals surface area (Å²) in [5, 5.41) is 2.72. The van der Waals surface area contributed by atoms with Gasteiger partial charge in [0.2, 0.25) is 11.8 Å². The van der Waals surface area contributed by atoms with Gasteiger partial charge in [-0.2, -0.15) is 0 Å². The van der Waals surface area contributed by atoms with Crippen LogP contribution in [0.1, 0.15) is 31.9 Å². The number of nitrogens with zero attached hydrogens (tertiary/aromatic N) is 2. The molecule has 0 unspecified atom stereocenters. The number of carbonyl (C=O) groups is 2. The van der Waals surface area contributed by atoms with Crippen LogP contribution in [0.2, 0.25) is 0 Å². The summed E-state index contributed by atoms with van der Waals surface area (Å²) in [5.41, 5.74) is 0.633. The third-order valence-electron chi connectivity index (χ3n) is 5.91. The third-order valence-corrected chi connectivity index (χ3v) is 7.68. The van der Waals surface area contributed by atoms with Gasteiger partial charge < -0.3 is 10.2 Å². The molecule has 0 fully saturated rings. The second-order valence-electron chi connectivity index (χ2n) is 9.23. The van der Waals surface area contributed by atoms with Crippen LogP contribution in [0.25, 0.3) is 0 Å². The molecule has 3 aromatic carbocycles. The van der Waals surface area contributed by atoms with Crippen molar-refractivity contribution in [3.05, 3.63) is 95.6 Å². The van der Waals surface area contributed by atoms with Gasteiger partial charge in [-0.05, 0) is 58.0 Å². The molecule has 0 aliphatic rings. The Hall–Kier alpha value is -3.79. The summed E-state index contributed by atoms with van der Waals surface area (Å²) in [4.78, 5) is 27.5. The normalized spacial score (nSPS) is 12.2. The zero-order chi connectivity index (χ0) is 28.0. The highest BCUT2D eigenvalue weighted by molar-refractivity contribution is 7.92. The van der Waals surface area contributed by atoms with E-state index in [-0.39, 0.29) is 28.7 Å². The molecule has 202 valence electrons. The van der Waals surface area contributed by atoms with E-state index in [1.165, 1.54) is 55.5 Å². The van der Waals surface area contributed by atoms with Gasteiger partial charge >= 0.3 is 0 Å². The van der Waals surface area contributed by atoms with Crippen LogP contribution in [0.4, 0.5) is 14.5 Å². The maximum atomic E-state index is 14.9. The summed E-state index contributed by atoms with van der Waals surface area (Å²) in [6, 6.07) is 15.6. The molecule has 38 heavy (non-hydrogen) atoms. The highest BCUT2D eigenvalue weighted by Crippen LogP contribution is 2.27. The molecule has 10 heteroatoms. The Morgan fingerprint density at radius 1 is 0.868 bits per heavy atom. The molecule has 1 N–H and O–H groups in total. The molecule has 3 rings (SSSR count). The summed E-state index contributed by atoms with van der Waals surface area (Å²) in [7, 11) is -4.40. The first-order valence-corrected chi connectivity index (χ1v) is 13.5. The molecule has 0 radical (unpaired) electrons. The van der Waals surface area contributed by atoms with Crippen molar-refractivity contribution in [1.29, 1.82) is 0 Å². The molecular weight excluding hydrogens is 512 g/mol. The fourth-order valence-corrected chi connectivity index (χ4v) is 5.22. The molecule has 0 aliphatic heterocycles. The van der Waals surface area contributed by atoms with Crippen molar-refractivity contribution in [3.63, 3.8) is 0 Å². The lowest BCUT2D eigenvalue weighted by Crippen LogP contribution is -2.52. The summed E-state index contributed by atoms with van der Waals surface area (Å²) in [5.74, 6) is -2.73. The van der Waals surface area contributed by atoms with E-state index in [2.05, 4.69) is 5.32 Å². The molecule has 0 aromatic heterocycles. The predicted molar refractivity (Wildman–Crippen MR) is 142 cm³/mol. The van der Waals surface area contributed by atoms with Gasteiger partial charge in [-0.25, -0.2) is 17.2 Å². The molecular formula is C28H31F2N3O4S. The van der Waals surface area contributed by atoms with Crippen LogP contribution >= 0.6 is 0 Å². The Balaban J connectivity index is 2.06. The average molecular weight is 544 g/mol. The van der Waals surface area contributed by atoms with Crippen molar-refractivity contribution in [3.8, 4) is 0 Å². The highest BCUT2D eigenvalue weighted by Gasteiger charge is 2.34. The number of amides is 2. The van der Waals surface area contributed by atoms with Crippen LogP contribution in [0.3, 0.4) is 0 Å². The fraction of sp³-hybridized carbons (Fsp3) is 0.286. The van der Waals surface area contributed by atoms with Crippen molar-refractivity contribution in [1.82, 2.24) is 10.2 Å². The van der Waals surface area contributed by atoms with Gasteiger partial charge in [-0.3, -0.25) is 13.9 Å². The Morgan fingerprint density at radius 3 is 2.03 bits per heavy atom. The van der Waals surface area contributed by atoms with Crippen LogP contribution in [0.15, 0.2) is 77.7 Å². The number of benzene rings is 3. The predicted octanol–water partition coefficient (Wildman–Crippen LogP) is 4.41. The van der Waals surface area contributed by atoms with Crippen LogP contribution in [-0.2, 0) is 26.2 Å². The van der Waals surface area contributed by atoms with E-state index < -0.39 is 46.1 Å². The van der Waals surface area contributed by atoms with Crippen molar-refractivity contribution in [2.24, 2.45) is 0 Å². The van der Waals surface area contributed by atoms with E-state index >= 15 is 0 Å². The number of nitrogens with one attached hydrogen (secondary N) is 1. The Morgan fingerprint density at radius 2 is 1.45 bits per heavy atom. The first-order chi connectivity index (χ1) is 17.9. The average Bonchev–Trinajstić information content (AvgIpc) is 2.86. The maximum Gasteiger partial charge on any atom is 0.264 e. The van der Waals surface area contributed by atoms with Crippen LogP contribution in [-0.4, -0.2) is 43.8 Å². The fourth-order valence-electron chi connectivity index (χ4n) is 3.80. The van der Waals surface area contributed by atoms with Crippen LogP contribution in [0, 0.1) is 18.6 Å². The lowest BCUT2D eigenvalue weighted by Gasteiger charge is -2.32. The van der Waals surface area contributed by atoms with Gasteiger partial charge in [0.1, 0.15) is 24.2 Å². The molecule has 0 heterocycles. The third kappa shape index (κ3) is 6.74. The van der Waals surface area contributed by atoms with Crippen molar-refractivity contribution in [2.75, 3.05) is 10.8 Å². The SMILES string of the molecule is Cc1ccc(S(=O)(=O)N(CC(=O)N(Cc2ccccc2F)[C@@H](C)C(=O)NC(C)C)c2ccccc2F)cc1. The molecule has 3 aromatic rings. The minimum Gasteiger partial charge on any atom is -0.352 e. The quantitative estimate of drug-likeness (QED) is 0.411. The summed E-state index contributed by atoms with van der Waals surface area (Å²) in [6.07, 6.45) is 0. The van der Waals surface area contributed by atoms with Crippen molar-refractivity contribution in [2.45, 2.75) is 51.2 Å². The zero-order valence-electron chi connectivity index (χ0n) is 21.7. The minimum absolute atomic E-state index is 0.134. The van der Waals surface area contributed by atoms with E-state index in [1.807, 2.05) is 0 Å². The molecule has 0 spiro atoms. The summed E-state index contributed by atoms with van der Waals surface area (Å²) in [6.45, 7) is 5.65. The summed E-state index contributed by atoms with van der Waals surface area (Å²) >= 11 is 0. The molecule has 0 bridgehead atoms. The van der Waals surface area contributed by atoms with Gasteiger partial charge in [-0.1, -0.05) is 48.0 Å². The number of hydrogen-bond donors (Lipinski definition) is 1. The minimum atomic E-state index is -4.40. The zero-order valence-corrected chi connectivity index (χ0v) is 22.5. The van der Waals surface area contributed by atoms with E-state index in [9.17, 15) is 26.8 Å². The van der Waals surface area contributed by atoms with Crippen LogP contribution < -0.4 is 9.62 Å². The topological polar surface area (TPSA) is 86.8 Å². The number of sulfonamides is 1. The number of carbonyl (C=O) groups excluding carboxylic acids is 2. The second-order valence-corrected chi connectivity index (χ2v) is 11.1.